The van der Waals surface area contributed by atoms with Crippen LogP contribution in [0, 0.1) is 12.8 Å². The summed E-state index contributed by atoms with van der Waals surface area (Å²) in [5.41, 5.74) is 1.58. The highest BCUT2D eigenvalue weighted by Gasteiger charge is 2.33. The Morgan fingerprint density at radius 3 is 2.61 bits per heavy atom. The van der Waals surface area contributed by atoms with E-state index in [0.29, 0.717) is 35.8 Å². The lowest BCUT2D eigenvalue weighted by atomic mass is 9.98. The highest BCUT2D eigenvalue weighted by atomic mass is 35.5. The third kappa shape index (κ3) is 4.48. The summed E-state index contributed by atoms with van der Waals surface area (Å²) in [4.78, 5) is 13.0. The van der Waals surface area contributed by atoms with Crippen molar-refractivity contribution in [1.29, 1.82) is 0 Å². The molecule has 150 valence electrons. The Hall–Kier alpha value is -2.09. The van der Waals surface area contributed by atoms with Crippen molar-refractivity contribution in [1.82, 2.24) is 4.31 Å². The van der Waals surface area contributed by atoms with Gasteiger partial charge >= 0.3 is 0 Å². The van der Waals surface area contributed by atoms with Crippen LogP contribution in [-0.2, 0) is 14.8 Å². The fraction of sp³-hybridized carbons (Fsp3) is 0.350. The first-order valence-corrected chi connectivity index (χ1v) is 10.8. The number of benzene rings is 2. The molecular weight excluding hydrogens is 400 g/mol. The summed E-state index contributed by atoms with van der Waals surface area (Å²) >= 11 is 5.85. The zero-order valence-electron chi connectivity index (χ0n) is 15.8. The van der Waals surface area contributed by atoms with Crippen LogP contribution < -0.4 is 10.1 Å². The van der Waals surface area contributed by atoms with Crippen molar-refractivity contribution < 1.29 is 17.9 Å². The molecule has 8 heteroatoms. The largest absolute Gasteiger partial charge is 0.495 e. The minimum absolute atomic E-state index is 0.144. The molecule has 0 saturated carbocycles. The number of carbonyl (C=O) groups excluding carboxylic acids is 1. The molecule has 2 aromatic rings. The smallest absolute Gasteiger partial charge is 0.243 e. The molecule has 0 bridgehead atoms. The number of amides is 1. The van der Waals surface area contributed by atoms with Gasteiger partial charge in [0.05, 0.1) is 23.6 Å². The molecule has 1 aliphatic rings. The molecule has 1 heterocycles. The van der Waals surface area contributed by atoms with Gasteiger partial charge in [-0.05, 0) is 61.7 Å². The molecule has 0 unspecified atom stereocenters. The molecule has 28 heavy (non-hydrogen) atoms. The average molecular weight is 423 g/mol. The van der Waals surface area contributed by atoms with Crippen molar-refractivity contribution in [3.8, 4) is 5.75 Å². The molecule has 0 radical (unpaired) electrons. The van der Waals surface area contributed by atoms with Gasteiger partial charge in [0.15, 0.2) is 0 Å². The number of ether oxygens (including phenoxy) is 1. The molecule has 0 spiro atoms. The summed E-state index contributed by atoms with van der Waals surface area (Å²) < 4.78 is 32.5. The van der Waals surface area contributed by atoms with Gasteiger partial charge in [0.2, 0.25) is 15.9 Å². The minimum Gasteiger partial charge on any atom is -0.495 e. The SMILES string of the molecule is COc1ccc(C)cc1NC(=O)[C@H]1CCCN(S(=O)(=O)c2ccc(Cl)cc2)C1. The number of hydrogen-bond acceptors (Lipinski definition) is 4. The number of aryl methyl sites for hydroxylation is 1. The van der Waals surface area contributed by atoms with Crippen LogP contribution in [0.25, 0.3) is 0 Å². The van der Waals surface area contributed by atoms with Gasteiger partial charge in [0, 0.05) is 18.1 Å². The maximum atomic E-state index is 12.9. The van der Waals surface area contributed by atoms with E-state index in [9.17, 15) is 13.2 Å². The molecule has 0 aromatic heterocycles. The Balaban J connectivity index is 1.75. The van der Waals surface area contributed by atoms with Crippen LogP contribution in [0.15, 0.2) is 47.4 Å². The number of hydrogen-bond donors (Lipinski definition) is 1. The van der Waals surface area contributed by atoms with Crippen LogP contribution in [0.5, 0.6) is 5.75 Å². The molecular formula is C20H23ClN2O4S. The number of rotatable bonds is 5. The lowest BCUT2D eigenvalue weighted by Gasteiger charge is -2.31. The monoisotopic (exact) mass is 422 g/mol. The van der Waals surface area contributed by atoms with E-state index >= 15 is 0 Å². The van der Waals surface area contributed by atoms with Crippen molar-refractivity contribution in [2.75, 3.05) is 25.5 Å². The zero-order valence-corrected chi connectivity index (χ0v) is 17.4. The maximum absolute atomic E-state index is 12.9. The molecule has 1 amide bonds. The second-order valence-corrected chi connectivity index (χ2v) is 9.22. The normalized spacial score (nSPS) is 17.9. The van der Waals surface area contributed by atoms with Gasteiger partial charge in [0.1, 0.15) is 5.75 Å². The molecule has 2 aromatic carbocycles. The number of carbonyl (C=O) groups is 1. The number of piperidine rings is 1. The molecule has 1 N–H and O–H groups in total. The minimum atomic E-state index is -3.67. The van der Waals surface area contributed by atoms with E-state index in [1.165, 1.54) is 16.4 Å². The fourth-order valence-corrected chi connectivity index (χ4v) is 4.93. The number of anilines is 1. The summed E-state index contributed by atoms with van der Waals surface area (Å²) in [6, 6.07) is 11.6. The molecule has 6 nitrogen and oxygen atoms in total. The average Bonchev–Trinajstić information content (AvgIpc) is 2.68. The van der Waals surface area contributed by atoms with Gasteiger partial charge in [-0.3, -0.25) is 4.79 Å². The highest BCUT2D eigenvalue weighted by Crippen LogP contribution is 2.28. The van der Waals surface area contributed by atoms with E-state index in [-0.39, 0.29) is 17.3 Å². The van der Waals surface area contributed by atoms with Gasteiger partial charge in [-0.15, -0.1) is 0 Å². The molecule has 1 saturated heterocycles. The zero-order chi connectivity index (χ0) is 20.3. The Bertz CT molecular complexity index is 961. The van der Waals surface area contributed by atoms with E-state index in [2.05, 4.69) is 5.32 Å². The number of methoxy groups -OCH3 is 1. The van der Waals surface area contributed by atoms with E-state index in [0.717, 1.165) is 5.56 Å². The van der Waals surface area contributed by atoms with Gasteiger partial charge < -0.3 is 10.1 Å². The first-order chi connectivity index (χ1) is 13.3. The van der Waals surface area contributed by atoms with E-state index in [4.69, 9.17) is 16.3 Å². The first kappa shape index (κ1) is 20.6. The number of nitrogens with one attached hydrogen (secondary N) is 1. The fourth-order valence-electron chi connectivity index (χ4n) is 3.28. The number of halogens is 1. The molecule has 1 aliphatic heterocycles. The van der Waals surface area contributed by atoms with E-state index < -0.39 is 15.9 Å². The second kappa shape index (κ2) is 8.51. The summed E-state index contributed by atoms with van der Waals surface area (Å²) in [5, 5.41) is 3.36. The van der Waals surface area contributed by atoms with Gasteiger partial charge in [-0.1, -0.05) is 17.7 Å². The Morgan fingerprint density at radius 1 is 1.21 bits per heavy atom. The van der Waals surface area contributed by atoms with Crippen molar-refractivity contribution in [2.45, 2.75) is 24.7 Å². The maximum Gasteiger partial charge on any atom is 0.243 e. The molecule has 1 fully saturated rings. The Kier molecular flexibility index (Phi) is 6.27. The van der Waals surface area contributed by atoms with Crippen molar-refractivity contribution >= 4 is 33.2 Å². The standard InChI is InChI=1S/C20H23ClN2O4S/c1-14-5-10-19(27-2)18(12-14)22-20(24)15-4-3-11-23(13-15)28(25,26)17-8-6-16(21)7-9-17/h5-10,12,15H,3-4,11,13H2,1-2H3,(H,22,24)/t15-/m0/s1. The quantitative estimate of drug-likeness (QED) is 0.797. The van der Waals surface area contributed by atoms with Crippen LogP contribution in [0.2, 0.25) is 5.02 Å². The van der Waals surface area contributed by atoms with Crippen molar-refractivity contribution in [2.24, 2.45) is 5.92 Å². The van der Waals surface area contributed by atoms with Crippen LogP contribution in [0.4, 0.5) is 5.69 Å². The summed E-state index contributed by atoms with van der Waals surface area (Å²) in [5.74, 6) is -0.0682. The van der Waals surface area contributed by atoms with Crippen molar-refractivity contribution in [3.05, 3.63) is 53.1 Å². The van der Waals surface area contributed by atoms with E-state index in [1.807, 2.05) is 19.1 Å². The number of sulfonamides is 1. The Labute approximate surface area is 170 Å². The lowest BCUT2D eigenvalue weighted by molar-refractivity contribution is -0.120. The molecule has 1 atom stereocenters. The predicted molar refractivity (Wildman–Crippen MR) is 109 cm³/mol. The van der Waals surface area contributed by atoms with Crippen molar-refractivity contribution in [3.63, 3.8) is 0 Å². The molecule has 3 rings (SSSR count). The van der Waals surface area contributed by atoms with Gasteiger partial charge in [0.25, 0.3) is 0 Å². The second-order valence-electron chi connectivity index (χ2n) is 6.85. The van der Waals surface area contributed by atoms with Gasteiger partial charge in [-0.2, -0.15) is 4.31 Å². The van der Waals surface area contributed by atoms with Crippen LogP contribution in [-0.4, -0.2) is 38.8 Å². The summed E-state index contributed by atoms with van der Waals surface area (Å²) in [6.07, 6.45) is 1.25. The first-order valence-electron chi connectivity index (χ1n) is 9.02. The third-order valence-corrected chi connectivity index (χ3v) is 6.95. The van der Waals surface area contributed by atoms with Crippen LogP contribution >= 0.6 is 11.6 Å². The number of nitrogens with zero attached hydrogens (tertiary/aromatic N) is 1. The summed E-state index contributed by atoms with van der Waals surface area (Å²) in [6.45, 7) is 2.46. The summed E-state index contributed by atoms with van der Waals surface area (Å²) in [7, 11) is -2.12. The Morgan fingerprint density at radius 2 is 1.93 bits per heavy atom. The topological polar surface area (TPSA) is 75.7 Å². The van der Waals surface area contributed by atoms with E-state index in [1.54, 1.807) is 25.3 Å². The predicted octanol–water partition coefficient (Wildman–Crippen LogP) is 3.70. The third-order valence-electron chi connectivity index (χ3n) is 4.82. The van der Waals surface area contributed by atoms with Crippen LogP contribution in [0.1, 0.15) is 18.4 Å². The molecule has 0 aliphatic carbocycles. The van der Waals surface area contributed by atoms with Crippen LogP contribution in [0.3, 0.4) is 0 Å². The lowest BCUT2D eigenvalue weighted by Crippen LogP contribution is -2.43. The highest BCUT2D eigenvalue weighted by molar-refractivity contribution is 7.89. The van der Waals surface area contributed by atoms with Gasteiger partial charge in [-0.25, -0.2) is 8.42 Å².